The minimum Gasteiger partial charge on any atom is -0.432 e. The van der Waals surface area contributed by atoms with E-state index < -0.39 is 36.2 Å². The Hall–Kier alpha value is -1.40. The van der Waals surface area contributed by atoms with Crippen LogP contribution in [0.15, 0.2) is 16.9 Å². The van der Waals surface area contributed by atoms with Crippen LogP contribution in [-0.4, -0.2) is 54.5 Å². The van der Waals surface area contributed by atoms with Crippen LogP contribution in [0.2, 0.25) is 0 Å². The highest BCUT2D eigenvalue weighted by Crippen LogP contribution is 2.41. The van der Waals surface area contributed by atoms with Crippen LogP contribution in [0.3, 0.4) is 0 Å². The first-order chi connectivity index (χ1) is 10.8. The summed E-state index contributed by atoms with van der Waals surface area (Å²) in [7, 11) is 0. The Morgan fingerprint density at radius 2 is 1.96 bits per heavy atom. The zero-order valence-electron chi connectivity index (χ0n) is 12.6. The number of aliphatic hydroxyl groups is 4. The van der Waals surface area contributed by atoms with Crippen molar-refractivity contribution in [2.75, 3.05) is 0 Å². The number of alkyl halides is 2. The number of hydrogen-bond acceptors (Lipinski definition) is 7. The SMILES string of the molecule is CC(C)(C(=O)N1Cc2cncc(Br)c2OC(O)(O)C1(O)O)C(F)F. The van der Waals surface area contributed by atoms with Gasteiger partial charge in [-0.15, -0.1) is 0 Å². The highest BCUT2D eigenvalue weighted by atomic mass is 79.9. The lowest BCUT2D eigenvalue weighted by Crippen LogP contribution is -2.69. The Bertz CT molecular complexity index is 668. The van der Waals surface area contributed by atoms with Crippen LogP contribution in [0.1, 0.15) is 19.4 Å². The second kappa shape index (κ2) is 5.85. The van der Waals surface area contributed by atoms with Gasteiger partial charge in [-0.05, 0) is 29.8 Å². The Morgan fingerprint density at radius 1 is 1.38 bits per heavy atom. The summed E-state index contributed by atoms with van der Waals surface area (Å²) in [5.41, 5.74) is -2.28. The van der Waals surface area contributed by atoms with Crippen LogP contribution >= 0.6 is 15.9 Å². The molecule has 8 nitrogen and oxygen atoms in total. The first-order valence-corrected chi connectivity index (χ1v) is 7.42. The van der Waals surface area contributed by atoms with Crippen molar-refractivity contribution >= 4 is 21.8 Å². The van der Waals surface area contributed by atoms with Crippen LogP contribution in [0.5, 0.6) is 5.75 Å². The van der Waals surface area contributed by atoms with Crippen LogP contribution in [0.4, 0.5) is 8.78 Å². The molecule has 24 heavy (non-hydrogen) atoms. The van der Waals surface area contributed by atoms with Crippen LogP contribution in [-0.2, 0) is 11.3 Å². The van der Waals surface area contributed by atoms with Crippen molar-refractivity contribution < 1.29 is 38.7 Å². The summed E-state index contributed by atoms with van der Waals surface area (Å²) in [6, 6.07) is 0. The molecule has 0 bridgehead atoms. The number of carbonyl (C=O) groups is 1. The zero-order chi connectivity index (χ0) is 18.5. The zero-order valence-corrected chi connectivity index (χ0v) is 14.2. The molecule has 1 aromatic heterocycles. The Balaban J connectivity index is 2.60. The first-order valence-electron chi connectivity index (χ1n) is 6.63. The van der Waals surface area contributed by atoms with Crippen molar-refractivity contribution in [2.24, 2.45) is 5.41 Å². The van der Waals surface area contributed by atoms with E-state index in [0.717, 1.165) is 20.0 Å². The lowest BCUT2D eigenvalue weighted by molar-refractivity contribution is -0.467. The van der Waals surface area contributed by atoms with Crippen LogP contribution < -0.4 is 4.74 Å². The molecule has 134 valence electrons. The monoisotopic (exact) mass is 412 g/mol. The van der Waals surface area contributed by atoms with E-state index in [2.05, 4.69) is 20.9 Å². The van der Waals surface area contributed by atoms with E-state index >= 15 is 0 Å². The van der Waals surface area contributed by atoms with Gasteiger partial charge in [0.1, 0.15) is 11.2 Å². The fraction of sp³-hybridized carbons (Fsp3) is 0.538. The van der Waals surface area contributed by atoms with Gasteiger partial charge in [-0.2, -0.15) is 0 Å². The maximum atomic E-state index is 13.1. The van der Waals surface area contributed by atoms with Gasteiger partial charge in [0.2, 0.25) is 5.91 Å². The second-order valence-electron chi connectivity index (χ2n) is 5.87. The molecule has 11 heteroatoms. The van der Waals surface area contributed by atoms with Crippen LogP contribution in [0, 0.1) is 5.41 Å². The molecule has 1 amide bonds. The number of aromatic nitrogens is 1. The van der Waals surface area contributed by atoms with E-state index in [0.29, 0.717) is 0 Å². The van der Waals surface area contributed by atoms with Crippen molar-refractivity contribution in [3.63, 3.8) is 0 Å². The molecule has 0 unspecified atom stereocenters. The van der Waals surface area contributed by atoms with Crippen molar-refractivity contribution in [2.45, 2.75) is 38.7 Å². The van der Waals surface area contributed by atoms with Gasteiger partial charge in [0.25, 0.3) is 6.43 Å². The van der Waals surface area contributed by atoms with Gasteiger partial charge in [0.05, 0.1) is 11.0 Å². The molecule has 0 atom stereocenters. The molecule has 1 aliphatic heterocycles. The molecule has 0 aliphatic carbocycles. The molecule has 0 saturated carbocycles. The largest absolute Gasteiger partial charge is 0.432 e. The molecular formula is C13H15BrF2N2O6. The molecule has 1 aromatic rings. The Labute approximate surface area is 143 Å². The van der Waals surface area contributed by atoms with Crippen molar-refractivity contribution in [3.8, 4) is 5.75 Å². The maximum Gasteiger partial charge on any atom is 0.402 e. The molecule has 0 spiro atoms. The lowest BCUT2D eigenvalue weighted by atomic mass is 9.91. The number of rotatable bonds is 2. The van der Waals surface area contributed by atoms with Gasteiger partial charge in [-0.1, -0.05) is 0 Å². The normalized spacial score (nSPS) is 19.5. The summed E-state index contributed by atoms with van der Waals surface area (Å²) >= 11 is 3.03. The number of nitrogens with zero attached hydrogens (tertiary/aromatic N) is 2. The predicted octanol–water partition coefficient (Wildman–Crippen LogP) is 0.133. The lowest BCUT2D eigenvalue weighted by Gasteiger charge is -2.41. The van der Waals surface area contributed by atoms with Crippen LogP contribution in [0.25, 0.3) is 0 Å². The number of amides is 1. The number of ether oxygens (including phenoxy) is 1. The van der Waals surface area contributed by atoms with Gasteiger partial charge in [-0.25, -0.2) is 8.78 Å². The standard InChI is InChI=1S/C13H15BrF2N2O6/c1-11(2,9(15)16)10(19)18-5-6-3-17-4-7(14)8(6)24-13(22,23)12(18,20)21/h3-4,9,20-23H,5H2,1-2H3. The van der Waals surface area contributed by atoms with Gasteiger partial charge in [0.15, 0.2) is 0 Å². The summed E-state index contributed by atoms with van der Waals surface area (Å²) in [5.74, 6) is -9.04. The molecule has 1 aliphatic rings. The van der Waals surface area contributed by atoms with Crippen molar-refractivity contribution in [3.05, 3.63) is 22.4 Å². The molecular weight excluding hydrogens is 398 g/mol. The summed E-state index contributed by atoms with van der Waals surface area (Å²) in [4.78, 5) is 16.3. The average molecular weight is 413 g/mol. The third kappa shape index (κ3) is 2.86. The van der Waals surface area contributed by atoms with Gasteiger partial charge >= 0.3 is 11.9 Å². The minimum atomic E-state index is -3.70. The Kier molecular flexibility index (Phi) is 4.61. The summed E-state index contributed by atoms with van der Waals surface area (Å²) < 4.78 is 31.2. The minimum absolute atomic E-state index is 0.0419. The first kappa shape index (κ1) is 18.9. The molecule has 0 fully saturated rings. The average Bonchev–Trinajstić information content (AvgIpc) is 2.53. The fourth-order valence-corrected chi connectivity index (χ4v) is 2.47. The van der Waals surface area contributed by atoms with Crippen molar-refractivity contribution in [1.82, 2.24) is 9.88 Å². The number of fused-ring (bicyclic) bond motifs is 1. The van der Waals surface area contributed by atoms with E-state index in [1.54, 1.807) is 0 Å². The summed E-state index contributed by atoms with van der Waals surface area (Å²) in [6.07, 6.45) is -0.754. The van der Waals surface area contributed by atoms with E-state index in [1.807, 2.05) is 0 Å². The highest BCUT2D eigenvalue weighted by molar-refractivity contribution is 9.10. The predicted molar refractivity (Wildman–Crippen MR) is 77.2 cm³/mol. The molecule has 0 radical (unpaired) electrons. The third-order valence-electron chi connectivity index (χ3n) is 3.65. The molecule has 2 heterocycles. The van der Waals surface area contributed by atoms with E-state index in [-0.39, 0.29) is 20.7 Å². The van der Waals surface area contributed by atoms with E-state index in [9.17, 15) is 34.0 Å². The summed E-state index contributed by atoms with van der Waals surface area (Å²) in [6.45, 7) is 1.11. The van der Waals surface area contributed by atoms with Crippen molar-refractivity contribution in [1.29, 1.82) is 0 Å². The summed E-state index contributed by atoms with van der Waals surface area (Å²) in [5, 5.41) is 39.9. The number of pyridine rings is 1. The number of carbonyl (C=O) groups excluding carboxylic acids is 1. The number of halogens is 3. The van der Waals surface area contributed by atoms with E-state index in [1.165, 1.54) is 6.20 Å². The maximum absolute atomic E-state index is 13.1. The highest BCUT2D eigenvalue weighted by Gasteiger charge is 2.61. The fourth-order valence-electron chi connectivity index (χ4n) is 2.01. The van der Waals surface area contributed by atoms with Gasteiger partial charge in [-0.3, -0.25) is 14.7 Å². The van der Waals surface area contributed by atoms with Gasteiger partial charge < -0.3 is 25.2 Å². The molecule has 2 rings (SSSR count). The molecule has 0 saturated heterocycles. The topological polar surface area (TPSA) is 123 Å². The molecule has 0 aromatic carbocycles. The van der Waals surface area contributed by atoms with Gasteiger partial charge in [0, 0.05) is 18.0 Å². The number of hydrogen-bond donors (Lipinski definition) is 4. The quantitative estimate of drug-likeness (QED) is 0.509. The second-order valence-corrected chi connectivity index (χ2v) is 6.72. The molecule has 4 N–H and O–H groups in total. The Morgan fingerprint density at radius 3 is 2.50 bits per heavy atom. The van der Waals surface area contributed by atoms with E-state index in [4.69, 9.17) is 4.74 Å². The smallest absolute Gasteiger partial charge is 0.402 e. The third-order valence-corrected chi connectivity index (χ3v) is 4.22.